The predicted molar refractivity (Wildman–Crippen MR) is 135 cm³/mol. The normalized spacial score (nSPS) is 23.3. The number of hydrogen-bond donors (Lipinski definition) is 2. The summed E-state index contributed by atoms with van der Waals surface area (Å²) in [4.78, 5) is 40.5. The van der Waals surface area contributed by atoms with Gasteiger partial charge in [-0.3, -0.25) is 15.1 Å². The molecule has 1 aliphatic carbocycles. The molecule has 0 atom stereocenters. The summed E-state index contributed by atoms with van der Waals surface area (Å²) in [6.07, 6.45) is -1.24. The number of likely N-dealkylation sites (tertiary alicyclic amines) is 1. The third-order valence-corrected chi connectivity index (χ3v) is 7.75. The van der Waals surface area contributed by atoms with Crippen molar-refractivity contribution in [2.75, 3.05) is 26.2 Å². The summed E-state index contributed by atoms with van der Waals surface area (Å²) in [5.74, 6) is -0.0158. The largest absolute Gasteiger partial charge is 0.441 e. The second-order valence-electron chi connectivity index (χ2n) is 10.8. The molecular weight excluding hydrogens is 517 g/mol. The van der Waals surface area contributed by atoms with Gasteiger partial charge in [0.05, 0.1) is 17.9 Å². The van der Waals surface area contributed by atoms with Crippen molar-refractivity contribution in [3.8, 4) is 0 Å². The first-order valence-electron chi connectivity index (χ1n) is 13.2. The topological polar surface area (TPSA) is 100 Å². The van der Waals surface area contributed by atoms with Crippen molar-refractivity contribution in [3.05, 3.63) is 47.7 Å². The molecule has 1 aromatic rings. The number of rotatable bonds is 6. The fourth-order valence-corrected chi connectivity index (χ4v) is 5.59. The number of halogens is 3. The quantitative estimate of drug-likeness (QED) is 0.396. The maximum absolute atomic E-state index is 12.8. The van der Waals surface area contributed by atoms with Gasteiger partial charge in [0, 0.05) is 44.9 Å². The average molecular weight is 553 g/mol. The average Bonchev–Trinajstić information content (AvgIpc) is 3.18. The van der Waals surface area contributed by atoms with Crippen molar-refractivity contribution in [3.63, 3.8) is 0 Å². The van der Waals surface area contributed by atoms with E-state index in [1.807, 2.05) is 0 Å². The first kappa shape index (κ1) is 28.7. The van der Waals surface area contributed by atoms with Gasteiger partial charge in [0.15, 0.2) is 0 Å². The standard InChI is InChI=1S/C27H35F3N4O5/c1-18(2)38-24(36)32-31-23(35)21-7-3-20(4-8-21)16-34-17-26(39-25(34)37)11-13-33(14-12-26)15-19-5-9-22(10-6-19)27(28,29)30/h5-6,9-10,20-21H,1,3-4,7-8,11-17H2,2H3,(H,31,35)(H,32,36)/t20-,21-. The van der Waals surface area contributed by atoms with Crippen molar-refractivity contribution in [1.82, 2.24) is 20.7 Å². The van der Waals surface area contributed by atoms with Gasteiger partial charge < -0.3 is 14.4 Å². The number of ether oxygens (including phenoxy) is 2. The minimum absolute atomic E-state index is 0.216. The third kappa shape index (κ3) is 7.65. The highest BCUT2D eigenvalue weighted by Gasteiger charge is 2.47. The highest BCUT2D eigenvalue weighted by molar-refractivity contribution is 5.81. The highest BCUT2D eigenvalue weighted by atomic mass is 19.4. The van der Waals surface area contributed by atoms with Crippen molar-refractivity contribution in [2.24, 2.45) is 11.8 Å². The Balaban J connectivity index is 1.18. The molecule has 2 aliphatic heterocycles. The Morgan fingerprint density at radius 1 is 1.10 bits per heavy atom. The first-order chi connectivity index (χ1) is 18.4. The number of piperidine rings is 1. The zero-order chi connectivity index (χ0) is 28.2. The summed E-state index contributed by atoms with van der Waals surface area (Å²) in [6, 6.07) is 5.23. The summed E-state index contributed by atoms with van der Waals surface area (Å²) in [5, 5.41) is 0. The number of nitrogens with one attached hydrogen (secondary N) is 2. The number of hydrazine groups is 1. The zero-order valence-corrected chi connectivity index (χ0v) is 22.0. The molecule has 12 heteroatoms. The molecule has 0 bridgehead atoms. The Labute approximate surface area is 225 Å². The number of carbonyl (C=O) groups is 3. The molecule has 0 unspecified atom stereocenters. The molecule has 214 valence electrons. The smallest absolute Gasteiger partial charge is 0.431 e. The van der Waals surface area contributed by atoms with Crippen LogP contribution in [0.15, 0.2) is 36.6 Å². The maximum Gasteiger partial charge on any atom is 0.431 e. The van der Waals surface area contributed by atoms with E-state index in [0.717, 1.165) is 30.5 Å². The van der Waals surface area contributed by atoms with Gasteiger partial charge in [0.25, 0.3) is 0 Å². The number of allylic oxidation sites excluding steroid dienone is 1. The minimum Gasteiger partial charge on any atom is -0.441 e. The number of benzene rings is 1. The van der Waals surface area contributed by atoms with Gasteiger partial charge >= 0.3 is 18.4 Å². The van der Waals surface area contributed by atoms with Gasteiger partial charge in [-0.2, -0.15) is 13.2 Å². The number of nitrogens with zero attached hydrogens (tertiary/aromatic N) is 2. The molecule has 0 radical (unpaired) electrons. The minimum atomic E-state index is -4.35. The van der Waals surface area contributed by atoms with Crippen molar-refractivity contribution < 1.29 is 37.0 Å². The number of alkyl halides is 3. The summed E-state index contributed by atoms with van der Waals surface area (Å²) >= 11 is 0. The van der Waals surface area contributed by atoms with E-state index in [4.69, 9.17) is 9.47 Å². The van der Waals surface area contributed by atoms with Crippen LogP contribution in [0.3, 0.4) is 0 Å². The van der Waals surface area contributed by atoms with Crippen LogP contribution < -0.4 is 10.9 Å². The van der Waals surface area contributed by atoms with Crippen molar-refractivity contribution in [1.29, 1.82) is 0 Å². The maximum atomic E-state index is 12.8. The van der Waals surface area contributed by atoms with Crippen LogP contribution in [0.25, 0.3) is 0 Å². The van der Waals surface area contributed by atoms with E-state index in [1.54, 1.807) is 4.90 Å². The molecule has 1 aromatic carbocycles. The number of carbonyl (C=O) groups excluding carboxylic acids is 3. The zero-order valence-electron chi connectivity index (χ0n) is 22.0. The van der Waals surface area contributed by atoms with Crippen LogP contribution in [0.1, 0.15) is 56.6 Å². The van der Waals surface area contributed by atoms with Gasteiger partial charge in [-0.05, 0) is 56.2 Å². The van der Waals surface area contributed by atoms with E-state index in [0.29, 0.717) is 58.4 Å². The molecule has 3 fully saturated rings. The van der Waals surface area contributed by atoms with Gasteiger partial charge in [0.2, 0.25) is 5.91 Å². The molecule has 4 rings (SSSR count). The molecule has 3 aliphatic rings. The van der Waals surface area contributed by atoms with Crippen LogP contribution >= 0.6 is 0 Å². The van der Waals surface area contributed by atoms with E-state index in [-0.39, 0.29) is 29.6 Å². The molecule has 39 heavy (non-hydrogen) atoms. The van der Waals surface area contributed by atoms with E-state index >= 15 is 0 Å². The Morgan fingerprint density at radius 3 is 2.33 bits per heavy atom. The van der Waals surface area contributed by atoms with Crippen LogP contribution in [0.5, 0.6) is 0 Å². The lowest BCUT2D eigenvalue weighted by atomic mass is 9.81. The fourth-order valence-electron chi connectivity index (χ4n) is 5.59. The first-order valence-corrected chi connectivity index (χ1v) is 13.2. The summed E-state index contributed by atoms with van der Waals surface area (Å²) in [5.41, 5.74) is 4.22. The van der Waals surface area contributed by atoms with Crippen LogP contribution in [-0.4, -0.2) is 59.7 Å². The third-order valence-electron chi connectivity index (χ3n) is 7.75. The Kier molecular flexibility index (Phi) is 8.73. The van der Waals surface area contributed by atoms with Crippen LogP contribution in [-0.2, 0) is 27.0 Å². The number of amides is 3. The van der Waals surface area contributed by atoms with Gasteiger partial charge in [0.1, 0.15) is 5.60 Å². The Hall–Kier alpha value is -3.28. The summed E-state index contributed by atoms with van der Waals surface area (Å²) < 4.78 is 49.0. The van der Waals surface area contributed by atoms with E-state index < -0.39 is 23.4 Å². The van der Waals surface area contributed by atoms with E-state index in [9.17, 15) is 27.6 Å². The second-order valence-corrected chi connectivity index (χ2v) is 10.8. The molecule has 1 spiro atoms. The Morgan fingerprint density at radius 2 is 1.74 bits per heavy atom. The molecule has 9 nitrogen and oxygen atoms in total. The van der Waals surface area contributed by atoms with Crippen molar-refractivity contribution >= 4 is 18.1 Å². The van der Waals surface area contributed by atoms with Crippen molar-refractivity contribution in [2.45, 2.75) is 63.8 Å². The Bertz CT molecular complexity index is 1060. The van der Waals surface area contributed by atoms with Crippen LogP contribution in [0.2, 0.25) is 0 Å². The molecule has 1 saturated carbocycles. The lowest BCUT2D eigenvalue weighted by molar-refractivity contribution is -0.137. The second kappa shape index (κ2) is 11.8. The lowest BCUT2D eigenvalue weighted by Crippen LogP contribution is -2.47. The van der Waals surface area contributed by atoms with Crippen LogP contribution in [0, 0.1) is 11.8 Å². The van der Waals surface area contributed by atoms with E-state index in [1.165, 1.54) is 19.1 Å². The van der Waals surface area contributed by atoms with Crippen LogP contribution in [0.4, 0.5) is 22.8 Å². The molecule has 2 heterocycles. The van der Waals surface area contributed by atoms with Gasteiger partial charge in [-0.15, -0.1) is 0 Å². The van der Waals surface area contributed by atoms with Gasteiger partial charge in [-0.25, -0.2) is 15.0 Å². The molecule has 2 N–H and O–H groups in total. The lowest BCUT2D eigenvalue weighted by Gasteiger charge is -2.37. The molecule has 0 aromatic heterocycles. The number of hydrogen-bond acceptors (Lipinski definition) is 6. The predicted octanol–water partition coefficient (Wildman–Crippen LogP) is 4.59. The summed E-state index contributed by atoms with van der Waals surface area (Å²) in [7, 11) is 0. The van der Waals surface area contributed by atoms with Gasteiger partial charge in [-0.1, -0.05) is 18.7 Å². The fraction of sp³-hybridized carbons (Fsp3) is 0.593. The summed E-state index contributed by atoms with van der Waals surface area (Å²) in [6.45, 7) is 8.01. The molecule has 2 saturated heterocycles. The monoisotopic (exact) mass is 552 g/mol. The molecule has 3 amide bonds. The molecular formula is C27H35F3N4O5. The highest BCUT2D eigenvalue weighted by Crippen LogP contribution is 2.36. The SMILES string of the molecule is C=C(C)OC(=O)NNC(=O)[C@H]1CC[C@H](CN2CC3(CCN(Cc4ccc(C(F)(F)F)cc4)CC3)OC2=O)CC1. The van der Waals surface area contributed by atoms with E-state index in [2.05, 4.69) is 22.3 Å².